The lowest BCUT2D eigenvalue weighted by Crippen LogP contribution is -1.97. The Bertz CT molecular complexity index is 734. The Morgan fingerprint density at radius 1 is 1.11 bits per heavy atom. The quantitative estimate of drug-likeness (QED) is 0.688. The number of aromatic nitrogens is 3. The lowest BCUT2D eigenvalue weighted by molar-refractivity contribution is 0.112. The van der Waals surface area contributed by atoms with Gasteiger partial charge in [-0.3, -0.25) is 9.20 Å². The fourth-order valence-electron chi connectivity index (χ4n) is 1.93. The number of fused-ring (bicyclic) bond motifs is 1. The minimum absolute atomic E-state index is 0.602. The maximum Gasteiger partial charge on any atom is 0.160 e. The number of nitrogens with zero attached hydrogens (tertiary/aromatic N) is 3. The van der Waals surface area contributed by atoms with Crippen LogP contribution in [0.25, 0.3) is 5.65 Å². The first-order valence-electron chi connectivity index (χ1n) is 5.79. The van der Waals surface area contributed by atoms with Crippen LogP contribution in [0.1, 0.15) is 21.7 Å². The first-order valence-corrected chi connectivity index (χ1v) is 6.17. The van der Waals surface area contributed by atoms with E-state index in [1.807, 2.05) is 28.7 Å². The Morgan fingerprint density at radius 3 is 2.63 bits per heavy atom. The number of carbonyl (C=O) groups is 1. The summed E-state index contributed by atoms with van der Waals surface area (Å²) in [6.45, 7) is 0. The lowest BCUT2D eigenvalue weighted by atomic mass is 10.1. The number of hydrogen-bond donors (Lipinski definition) is 0. The van der Waals surface area contributed by atoms with Crippen molar-refractivity contribution in [1.82, 2.24) is 14.6 Å². The molecule has 0 fully saturated rings. The first-order chi connectivity index (χ1) is 9.26. The van der Waals surface area contributed by atoms with Gasteiger partial charge in [-0.05, 0) is 29.8 Å². The van der Waals surface area contributed by atoms with Gasteiger partial charge in [-0.15, -0.1) is 10.2 Å². The summed E-state index contributed by atoms with van der Waals surface area (Å²) in [4.78, 5) is 10.8. The fourth-order valence-corrected chi connectivity index (χ4v) is 2.06. The highest BCUT2D eigenvalue weighted by Crippen LogP contribution is 2.14. The maximum atomic E-state index is 10.8. The molecule has 0 aliphatic rings. The topological polar surface area (TPSA) is 47.3 Å². The van der Waals surface area contributed by atoms with Crippen LogP contribution in [-0.2, 0) is 6.42 Å². The van der Waals surface area contributed by atoms with Gasteiger partial charge in [-0.2, -0.15) is 0 Å². The van der Waals surface area contributed by atoms with Crippen molar-refractivity contribution < 1.29 is 4.79 Å². The summed E-state index contributed by atoms with van der Waals surface area (Å²) in [7, 11) is 0. The van der Waals surface area contributed by atoms with E-state index in [2.05, 4.69) is 10.2 Å². The van der Waals surface area contributed by atoms with Gasteiger partial charge in [-0.1, -0.05) is 23.7 Å². The van der Waals surface area contributed by atoms with Crippen molar-refractivity contribution in [1.29, 1.82) is 0 Å². The van der Waals surface area contributed by atoms with Gasteiger partial charge in [-0.25, -0.2) is 0 Å². The summed E-state index contributed by atoms with van der Waals surface area (Å²) >= 11 is 5.86. The molecule has 0 aliphatic carbocycles. The molecule has 2 heterocycles. The monoisotopic (exact) mass is 271 g/mol. The third-order valence-electron chi connectivity index (χ3n) is 2.91. The van der Waals surface area contributed by atoms with E-state index in [1.54, 1.807) is 18.3 Å². The summed E-state index contributed by atoms with van der Waals surface area (Å²) in [5.74, 6) is 0.793. The van der Waals surface area contributed by atoms with Crippen LogP contribution in [0.3, 0.4) is 0 Å². The second-order valence-electron chi connectivity index (χ2n) is 4.23. The molecule has 2 aromatic heterocycles. The van der Waals surface area contributed by atoms with E-state index in [4.69, 9.17) is 11.6 Å². The maximum absolute atomic E-state index is 10.8. The molecule has 94 valence electrons. The zero-order valence-corrected chi connectivity index (χ0v) is 10.7. The number of aldehydes is 1. The molecule has 0 unspecified atom stereocenters. The van der Waals surface area contributed by atoms with E-state index in [0.717, 1.165) is 23.3 Å². The second kappa shape index (κ2) is 4.82. The number of pyridine rings is 1. The largest absolute Gasteiger partial charge is 0.298 e. The van der Waals surface area contributed by atoms with E-state index >= 15 is 0 Å². The molecule has 5 heteroatoms. The smallest absolute Gasteiger partial charge is 0.160 e. The molecule has 3 aromatic rings. The fraction of sp³-hybridized carbons (Fsp3) is 0.0714. The number of hydrogen-bond acceptors (Lipinski definition) is 3. The van der Waals surface area contributed by atoms with Crippen LogP contribution in [0.2, 0.25) is 5.02 Å². The Balaban J connectivity index is 2.00. The molecule has 0 atom stereocenters. The average molecular weight is 272 g/mol. The minimum Gasteiger partial charge on any atom is -0.298 e. The van der Waals surface area contributed by atoms with Crippen LogP contribution in [-0.4, -0.2) is 20.9 Å². The highest BCUT2D eigenvalue weighted by molar-refractivity contribution is 6.30. The molecule has 0 bridgehead atoms. The van der Waals surface area contributed by atoms with Gasteiger partial charge in [0, 0.05) is 23.2 Å². The average Bonchev–Trinajstić information content (AvgIpc) is 2.84. The first kappa shape index (κ1) is 11.9. The third-order valence-corrected chi connectivity index (χ3v) is 3.16. The van der Waals surface area contributed by atoms with E-state index in [9.17, 15) is 4.79 Å². The SMILES string of the molecule is O=Cc1ccc2nnc(Cc3ccc(Cl)cc3)n2c1. The van der Waals surface area contributed by atoms with Crippen molar-refractivity contribution in [2.24, 2.45) is 0 Å². The van der Waals surface area contributed by atoms with Gasteiger partial charge < -0.3 is 0 Å². The molecule has 0 radical (unpaired) electrons. The summed E-state index contributed by atoms with van der Waals surface area (Å²) < 4.78 is 1.83. The summed E-state index contributed by atoms with van der Waals surface area (Å²) in [6.07, 6.45) is 3.19. The summed E-state index contributed by atoms with van der Waals surface area (Å²) in [6, 6.07) is 11.1. The Kier molecular flexibility index (Phi) is 3.01. The van der Waals surface area contributed by atoms with E-state index in [0.29, 0.717) is 17.0 Å². The third kappa shape index (κ3) is 2.35. The van der Waals surface area contributed by atoms with E-state index in [-0.39, 0.29) is 0 Å². The van der Waals surface area contributed by atoms with Crippen LogP contribution in [0.4, 0.5) is 0 Å². The van der Waals surface area contributed by atoms with Crippen LogP contribution in [0, 0.1) is 0 Å². The number of halogens is 1. The standard InChI is InChI=1S/C14H10ClN3O/c15-12-4-1-10(2-5-12)7-14-17-16-13-6-3-11(9-19)8-18(13)14/h1-6,8-9H,7H2. The molecule has 0 amide bonds. The number of benzene rings is 1. The molecule has 0 spiro atoms. The van der Waals surface area contributed by atoms with Gasteiger partial charge >= 0.3 is 0 Å². The normalized spacial score (nSPS) is 10.8. The number of carbonyl (C=O) groups excluding carboxylic acids is 1. The Labute approximate surface area is 114 Å². The van der Waals surface area contributed by atoms with Crippen LogP contribution in [0.15, 0.2) is 42.6 Å². The predicted molar refractivity (Wildman–Crippen MR) is 72.6 cm³/mol. The van der Waals surface area contributed by atoms with Gasteiger partial charge in [0.25, 0.3) is 0 Å². The van der Waals surface area contributed by atoms with Gasteiger partial charge in [0.1, 0.15) is 5.82 Å². The van der Waals surface area contributed by atoms with Crippen molar-refractivity contribution in [2.45, 2.75) is 6.42 Å². The summed E-state index contributed by atoms with van der Waals surface area (Å²) in [5, 5.41) is 8.94. The van der Waals surface area contributed by atoms with Crippen molar-refractivity contribution in [3.8, 4) is 0 Å². The molecular weight excluding hydrogens is 262 g/mol. The molecule has 0 N–H and O–H groups in total. The van der Waals surface area contributed by atoms with Crippen LogP contribution < -0.4 is 0 Å². The van der Waals surface area contributed by atoms with Crippen molar-refractivity contribution in [3.05, 3.63) is 64.6 Å². The van der Waals surface area contributed by atoms with E-state index < -0.39 is 0 Å². The van der Waals surface area contributed by atoms with E-state index in [1.165, 1.54) is 0 Å². The van der Waals surface area contributed by atoms with Crippen LogP contribution >= 0.6 is 11.6 Å². The van der Waals surface area contributed by atoms with Gasteiger partial charge in [0.2, 0.25) is 0 Å². The zero-order chi connectivity index (χ0) is 13.2. The molecule has 19 heavy (non-hydrogen) atoms. The molecular formula is C14H10ClN3O. The predicted octanol–water partition coefficient (Wildman–Crippen LogP) is 2.79. The minimum atomic E-state index is 0.602. The highest BCUT2D eigenvalue weighted by atomic mass is 35.5. The van der Waals surface area contributed by atoms with Gasteiger partial charge in [0.05, 0.1) is 0 Å². The molecule has 0 aliphatic heterocycles. The highest BCUT2D eigenvalue weighted by Gasteiger charge is 2.07. The van der Waals surface area contributed by atoms with Crippen LogP contribution in [0.5, 0.6) is 0 Å². The zero-order valence-electron chi connectivity index (χ0n) is 9.95. The van der Waals surface area contributed by atoms with Gasteiger partial charge in [0.15, 0.2) is 11.9 Å². The molecule has 3 rings (SSSR count). The number of rotatable bonds is 3. The molecule has 0 saturated carbocycles. The Morgan fingerprint density at radius 2 is 1.89 bits per heavy atom. The summed E-state index contributed by atoms with van der Waals surface area (Å²) in [5.41, 5.74) is 2.43. The van der Waals surface area contributed by atoms with Crippen molar-refractivity contribution in [3.63, 3.8) is 0 Å². The molecule has 1 aromatic carbocycles. The van der Waals surface area contributed by atoms with Crippen molar-refractivity contribution >= 4 is 23.5 Å². The second-order valence-corrected chi connectivity index (χ2v) is 4.66. The molecule has 0 saturated heterocycles. The lowest BCUT2D eigenvalue weighted by Gasteiger charge is -2.01. The van der Waals surface area contributed by atoms with Crippen molar-refractivity contribution in [2.75, 3.05) is 0 Å². The molecule has 4 nitrogen and oxygen atoms in total. The Hall–Kier alpha value is -2.20.